The van der Waals surface area contributed by atoms with Crippen LogP contribution >= 0.6 is 10.0 Å². The largest absolute Gasteiger partial charge is 0.264 e. The lowest BCUT2D eigenvalue weighted by Crippen LogP contribution is -2.07. The highest BCUT2D eigenvalue weighted by atomic mass is 32.3. The third-order valence-electron chi connectivity index (χ3n) is 12.7. The zero-order chi connectivity index (χ0) is 48.8. The smallest absolute Gasteiger partial charge is 0.164 e. The Morgan fingerprint density at radius 3 is 0.740 bits per heavy atom. The molecule has 0 bridgehead atoms. The summed E-state index contributed by atoms with van der Waals surface area (Å²) in [5.41, 5.74) is 9.45. The fraction of sp³-hybridized carbons (Fsp3) is 0. The SMILES string of the molecule is c1ccc(-c2nc(-c3ccccc3)nc(-c3cccc(S(c4cccc(-c5cccnc5)c4)(c4cccc(-c5cccnc5)c4)c4cccc(-c5nc(-c6ccccc6)nc(-c6ccccc6)n5)c4)c3)n2)cc1. The lowest BCUT2D eigenvalue weighted by molar-refractivity contribution is 1.07. The first-order valence-corrected chi connectivity index (χ1v) is 25.6. The predicted octanol–water partition coefficient (Wildman–Crippen LogP) is 15.5. The molecule has 0 aliphatic heterocycles. The van der Waals surface area contributed by atoms with Gasteiger partial charge in [0.1, 0.15) is 0 Å². The first kappa shape index (κ1) is 44.6. The molecular weight excluding hydrogens is 913 g/mol. The van der Waals surface area contributed by atoms with E-state index < -0.39 is 10.0 Å². The lowest BCUT2D eigenvalue weighted by Gasteiger charge is -2.42. The van der Waals surface area contributed by atoms with Gasteiger partial charge in [-0.3, -0.25) is 9.97 Å². The van der Waals surface area contributed by atoms with Gasteiger partial charge in [-0.2, -0.15) is 0 Å². The minimum absolute atomic E-state index is 0.567. The van der Waals surface area contributed by atoms with E-state index in [2.05, 4.69) is 119 Å². The van der Waals surface area contributed by atoms with E-state index in [4.69, 9.17) is 29.9 Å². The summed E-state index contributed by atoms with van der Waals surface area (Å²) in [5, 5.41) is 0. The average molecular weight is 957 g/mol. The van der Waals surface area contributed by atoms with Gasteiger partial charge in [-0.25, -0.2) is 29.9 Å². The number of hydrogen-bond acceptors (Lipinski definition) is 8. The van der Waals surface area contributed by atoms with Crippen LogP contribution < -0.4 is 0 Å². The molecular formula is C64H44N8S. The van der Waals surface area contributed by atoms with Gasteiger partial charge in [-0.15, -0.1) is 10.0 Å². The summed E-state index contributed by atoms with van der Waals surface area (Å²) >= 11 is 0. The van der Waals surface area contributed by atoms with Crippen molar-refractivity contribution in [1.29, 1.82) is 0 Å². The normalized spacial score (nSPS) is 11.5. The van der Waals surface area contributed by atoms with Crippen LogP contribution in [0.5, 0.6) is 0 Å². The van der Waals surface area contributed by atoms with Crippen molar-refractivity contribution in [3.8, 4) is 90.6 Å². The first-order valence-electron chi connectivity index (χ1n) is 23.9. The number of aromatic nitrogens is 8. The van der Waals surface area contributed by atoms with Crippen LogP contribution in [0.1, 0.15) is 0 Å². The third-order valence-corrected chi connectivity index (χ3v) is 16.5. The Kier molecular flexibility index (Phi) is 12.2. The van der Waals surface area contributed by atoms with Gasteiger partial charge in [-0.1, -0.05) is 182 Å². The fourth-order valence-corrected chi connectivity index (χ4v) is 13.1. The van der Waals surface area contributed by atoms with Crippen LogP contribution in [0.25, 0.3) is 90.6 Å². The molecule has 0 fully saturated rings. The van der Waals surface area contributed by atoms with E-state index in [0.29, 0.717) is 34.9 Å². The quantitative estimate of drug-likeness (QED) is 0.119. The monoisotopic (exact) mass is 956 g/mol. The molecule has 4 aromatic heterocycles. The van der Waals surface area contributed by atoms with Crippen molar-refractivity contribution in [3.05, 3.63) is 267 Å². The molecule has 0 aliphatic rings. The first-order chi connectivity index (χ1) is 36.2. The summed E-state index contributed by atoms with van der Waals surface area (Å²) in [7, 11) is -2.47. The molecule has 4 heterocycles. The van der Waals surface area contributed by atoms with E-state index in [-0.39, 0.29) is 0 Å². The van der Waals surface area contributed by atoms with Crippen LogP contribution in [0.2, 0.25) is 0 Å². The third kappa shape index (κ3) is 9.08. The van der Waals surface area contributed by atoms with Crippen molar-refractivity contribution in [1.82, 2.24) is 39.9 Å². The van der Waals surface area contributed by atoms with Gasteiger partial charge in [0, 0.05) is 88.9 Å². The Morgan fingerprint density at radius 1 is 0.205 bits per heavy atom. The second-order valence-corrected chi connectivity index (χ2v) is 20.4. The zero-order valence-electron chi connectivity index (χ0n) is 39.4. The molecule has 12 rings (SSSR count). The van der Waals surface area contributed by atoms with Crippen molar-refractivity contribution in [2.24, 2.45) is 0 Å². The zero-order valence-corrected chi connectivity index (χ0v) is 40.2. The molecule has 12 aromatic rings. The van der Waals surface area contributed by atoms with Crippen LogP contribution in [0.3, 0.4) is 0 Å². The molecule has 0 unspecified atom stereocenters. The minimum atomic E-state index is -2.47. The molecule has 0 spiro atoms. The van der Waals surface area contributed by atoms with Crippen LogP contribution in [0, 0.1) is 0 Å². The van der Waals surface area contributed by atoms with E-state index in [0.717, 1.165) is 75.2 Å². The second kappa shape index (κ2) is 20.0. The summed E-state index contributed by atoms with van der Waals surface area (Å²) < 4.78 is 0. The van der Waals surface area contributed by atoms with Crippen LogP contribution in [0.4, 0.5) is 0 Å². The van der Waals surface area contributed by atoms with Gasteiger partial charge < -0.3 is 0 Å². The molecule has 346 valence electrons. The van der Waals surface area contributed by atoms with Gasteiger partial charge in [0.25, 0.3) is 0 Å². The van der Waals surface area contributed by atoms with Crippen molar-refractivity contribution in [2.75, 3.05) is 0 Å². The molecule has 0 amide bonds. The minimum Gasteiger partial charge on any atom is -0.264 e. The fourth-order valence-electron chi connectivity index (χ4n) is 9.14. The highest BCUT2D eigenvalue weighted by Gasteiger charge is 2.35. The maximum atomic E-state index is 5.22. The molecule has 0 N–H and O–H groups in total. The summed E-state index contributed by atoms with van der Waals surface area (Å²) in [6.45, 7) is 0. The van der Waals surface area contributed by atoms with Gasteiger partial charge in [0.15, 0.2) is 34.9 Å². The van der Waals surface area contributed by atoms with Crippen LogP contribution in [-0.4, -0.2) is 39.9 Å². The molecule has 8 nitrogen and oxygen atoms in total. The number of nitrogens with zero attached hydrogens (tertiary/aromatic N) is 8. The maximum Gasteiger partial charge on any atom is 0.164 e. The van der Waals surface area contributed by atoms with Gasteiger partial charge in [-0.05, 0) is 71.8 Å². The summed E-state index contributed by atoms with van der Waals surface area (Å²) in [4.78, 5) is 44.4. The second-order valence-electron chi connectivity index (χ2n) is 17.3. The molecule has 0 atom stereocenters. The molecule has 8 aromatic carbocycles. The number of rotatable bonds is 12. The van der Waals surface area contributed by atoms with E-state index in [1.165, 1.54) is 0 Å². The van der Waals surface area contributed by atoms with Crippen LogP contribution in [-0.2, 0) is 0 Å². The maximum absolute atomic E-state index is 5.22. The number of pyridine rings is 2. The van der Waals surface area contributed by atoms with Gasteiger partial charge >= 0.3 is 0 Å². The molecule has 0 saturated carbocycles. The highest BCUT2D eigenvalue weighted by Crippen LogP contribution is 2.74. The van der Waals surface area contributed by atoms with E-state index in [1.807, 2.05) is 158 Å². The van der Waals surface area contributed by atoms with Crippen molar-refractivity contribution in [3.63, 3.8) is 0 Å². The Morgan fingerprint density at radius 2 is 0.452 bits per heavy atom. The topological polar surface area (TPSA) is 103 Å². The summed E-state index contributed by atoms with van der Waals surface area (Å²) in [6, 6.07) is 83.9. The number of hydrogen-bond donors (Lipinski definition) is 0. The van der Waals surface area contributed by atoms with Crippen molar-refractivity contribution < 1.29 is 0 Å². The van der Waals surface area contributed by atoms with E-state index in [1.54, 1.807) is 0 Å². The van der Waals surface area contributed by atoms with Gasteiger partial charge in [0.05, 0.1) is 0 Å². The number of benzene rings is 8. The summed E-state index contributed by atoms with van der Waals surface area (Å²) in [5.74, 6) is 3.51. The summed E-state index contributed by atoms with van der Waals surface area (Å²) in [6.07, 6.45) is 7.46. The van der Waals surface area contributed by atoms with Crippen LogP contribution in [0.15, 0.2) is 287 Å². The average Bonchev–Trinajstić information content (AvgIpc) is 3.49. The molecule has 73 heavy (non-hydrogen) atoms. The Hall–Kier alpha value is -9.57. The Balaban J connectivity index is 1.14. The molecule has 0 saturated heterocycles. The van der Waals surface area contributed by atoms with Gasteiger partial charge in [0.2, 0.25) is 0 Å². The lowest BCUT2D eigenvalue weighted by atomic mass is 10.1. The Bertz CT molecular complexity index is 3480. The van der Waals surface area contributed by atoms with E-state index in [9.17, 15) is 0 Å². The van der Waals surface area contributed by atoms with Crippen molar-refractivity contribution in [2.45, 2.75) is 19.6 Å². The predicted molar refractivity (Wildman–Crippen MR) is 292 cm³/mol. The Labute approximate surface area is 425 Å². The molecule has 9 heteroatoms. The molecule has 0 radical (unpaired) electrons. The standard InChI is InChI=1S/C64H44N8S/c1-5-19-45(20-6-1)59-67-60(46-21-7-2-8-22-46)70-63(69-59)51-29-15-35-57(41-51)73(55-33-13-27-49(39-55)53-31-17-37-65-43-53,56-34-14-28-50(40-56)54-32-18-38-66-44-54)58-36-16-30-52(42-58)64-71-61(47-23-9-3-10-24-47)68-62(72-64)48-25-11-4-12-26-48/h1-44H. The highest BCUT2D eigenvalue weighted by molar-refractivity contribution is 8.34. The molecule has 0 aliphatic carbocycles. The van der Waals surface area contributed by atoms with E-state index >= 15 is 0 Å². The van der Waals surface area contributed by atoms with Crippen molar-refractivity contribution >= 4 is 10.0 Å².